The maximum atomic E-state index is 13.3. The van der Waals surface area contributed by atoms with E-state index in [9.17, 15) is 19.5 Å². The second-order valence-corrected chi connectivity index (χ2v) is 10.9. The molecule has 1 unspecified atom stereocenters. The number of aromatic nitrogens is 1. The Hall–Kier alpha value is -2.78. The van der Waals surface area contributed by atoms with Crippen molar-refractivity contribution >= 4 is 29.1 Å². The van der Waals surface area contributed by atoms with Crippen LogP contribution in [0.4, 0.5) is 0 Å². The van der Waals surface area contributed by atoms with E-state index in [2.05, 4.69) is 15.6 Å². The summed E-state index contributed by atoms with van der Waals surface area (Å²) in [7, 11) is 0. The molecule has 8 nitrogen and oxygen atoms in total. The third-order valence-electron chi connectivity index (χ3n) is 6.10. The number of rotatable bonds is 6. The molecule has 3 rings (SSSR count). The van der Waals surface area contributed by atoms with Gasteiger partial charge in [-0.15, -0.1) is 11.3 Å². The predicted octanol–water partition coefficient (Wildman–Crippen LogP) is 2.81. The topological polar surface area (TPSA) is 112 Å². The van der Waals surface area contributed by atoms with Crippen molar-refractivity contribution in [1.82, 2.24) is 20.5 Å². The van der Waals surface area contributed by atoms with Crippen molar-refractivity contribution in [3.05, 3.63) is 41.0 Å². The van der Waals surface area contributed by atoms with Gasteiger partial charge in [-0.25, -0.2) is 4.98 Å². The maximum absolute atomic E-state index is 13.3. The van der Waals surface area contributed by atoms with Crippen LogP contribution in [0.15, 0.2) is 29.8 Å². The van der Waals surface area contributed by atoms with Crippen molar-refractivity contribution in [2.75, 3.05) is 6.54 Å². The van der Waals surface area contributed by atoms with Crippen molar-refractivity contribution in [2.45, 2.75) is 72.2 Å². The molecule has 0 saturated carbocycles. The first-order chi connectivity index (χ1) is 15.9. The highest BCUT2D eigenvalue weighted by Crippen LogP contribution is 2.29. The molecule has 1 aromatic carbocycles. The van der Waals surface area contributed by atoms with E-state index >= 15 is 0 Å². The quantitative estimate of drug-likeness (QED) is 0.581. The number of hydrogen-bond donors (Lipinski definition) is 3. The fourth-order valence-corrected chi connectivity index (χ4v) is 5.03. The standard InChI is InChI=1S/C25H34N4O4S/c1-14(17-7-9-18(10-8-17)21-15(2)26-13-34-21)27-23(32)20-11-19(31)12-29(20)24(33)22(25(4,5)6)28-16(3)30/h7-10,13-14,19-20,22,31H,11-12H2,1-6H3,(H,27,32)(H,28,30)/t14-,19+,20?,22+/m0/s1. The molecule has 1 saturated heterocycles. The molecule has 0 aliphatic carbocycles. The largest absolute Gasteiger partial charge is 0.391 e. The first kappa shape index (κ1) is 25.8. The maximum Gasteiger partial charge on any atom is 0.246 e. The Balaban J connectivity index is 1.72. The number of nitrogens with zero attached hydrogens (tertiary/aromatic N) is 2. The van der Waals surface area contributed by atoms with Crippen LogP contribution in [0.3, 0.4) is 0 Å². The Kier molecular flexibility index (Phi) is 7.77. The van der Waals surface area contributed by atoms with Crippen LogP contribution in [0.5, 0.6) is 0 Å². The lowest BCUT2D eigenvalue weighted by molar-refractivity contribution is -0.144. The van der Waals surface area contributed by atoms with E-state index in [1.54, 1.807) is 11.3 Å². The van der Waals surface area contributed by atoms with Gasteiger partial charge >= 0.3 is 0 Å². The van der Waals surface area contributed by atoms with Crippen molar-refractivity contribution < 1.29 is 19.5 Å². The molecular formula is C25H34N4O4S. The van der Waals surface area contributed by atoms with E-state index < -0.39 is 23.6 Å². The Morgan fingerprint density at radius 3 is 2.35 bits per heavy atom. The molecule has 34 heavy (non-hydrogen) atoms. The van der Waals surface area contributed by atoms with Crippen molar-refractivity contribution in [2.24, 2.45) is 5.41 Å². The number of β-amino-alcohol motifs (C(OH)–C–C–N with tert-alkyl or cyclic N) is 1. The van der Waals surface area contributed by atoms with Crippen LogP contribution in [-0.2, 0) is 14.4 Å². The van der Waals surface area contributed by atoms with E-state index in [0.29, 0.717) is 0 Å². The number of nitrogens with one attached hydrogen (secondary N) is 2. The van der Waals surface area contributed by atoms with Gasteiger partial charge in [-0.3, -0.25) is 14.4 Å². The van der Waals surface area contributed by atoms with E-state index in [1.165, 1.54) is 11.8 Å². The molecule has 3 amide bonds. The molecule has 0 bridgehead atoms. The third kappa shape index (κ3) is 5.82. The van der Waals surface area contributed by atoms with Crippen molar-refractivity contribution in [1.29, 1.82) is 0 Å². The third-order valence-corrected chi connectivity index (χ3v) is 7.08. The van der Waals surface area contributed by atoms with Gasteiger partial charge in [-0.1, -0.05) is 45.0 Å². The number of aliphatic hydroxyl groups is 1. The number of likely N-dealkylation sites (tertiary alicyclic amines) is 1. The summed E-state index contributed by atoms with van der Waals surface area (Å²) in [5.74, 6) is -1.01. The van der Waals surface area contributed by atoms with Gasteiger partial charge in [0.2, 0.25) is 17.7 Å². The highest BCUT2D eigenvalue weighted by Gasteiger charge is 2.44. The fraction of sp³-hybridized carbons (Fsp3) is 0.520. The number of carbonyl (C=O) groups is 3. The van der Waals surface area contributed by atoms with Gasteiger partial charge in [0.05, 0.1) is 28.2 Å². The van der Waals surface area contributed by atoms with E-state index in [1.807, 2.05) is 64.4 Å². The highest BCUT2D eigenvalue weighted by atomic mass is 32.1. The van der Waals surface area contributed by atoms with Gasteiger partial charge in [0.25, 0.3) is 0 Å². The Morgan fingerprint density at radius 1 is 1.18 bits per heavy atom. The van der Waals surface area contributed by atoms with E-state index in [0.717, 1.165) is 21.7 Å². The zero-order chi connectivity index (χ0) is 25.2. The predicted molar refractivity (Wildman–Crippen MR) is 132 cm³/mol. The number of carbonyl (C=O) groups excluding carboxylic acids is 3. The first-order valence-corrected chi connectivity index (χ1v) is 12.3. The second kappa shape index (κ2) is 10.2. The number of aliphatic hydroxyl groups excluding tert-OH is 1. The van der Waals surface area contributed by atoms with Gasteiger partial charge < -0.3 is 20.6 Å². The van der Waals surface area contributed by atoms with Gasteiger partial charge in [0, 0.05) is 19.9 Å². The SMILES string of the molecule is CC(=O)N[C@H](C(=O)N1C[C@H](O)CC1C(=O)N[C@@H](C)c1ccc(-c2scnc2C)cc1)C(C)(C)C. The Morgan fingerprint density at radius 2 is 1.82 bits per heavy atom. The van der Waals surface area contributed by atoms with E-state index in [4.69, 9.17) is 0 Å². The summed E-state index contributed by atoms with van der Waals surface area (Å²) in [6.07, 6.45) is -0.639. The minimum absolute atomic E-state index is 0.0559. The molecule has 0 spiro atoms. The summed E-state index contributed by atoms with van der Waals surface area (Å²) in [6.45, 7) is 10.8. The van der Waals surface area contributed by atoms with Crippen LogP contribution < -0.4 is 10.6 Å². The number of amides is 3. The molecule has 3 N–H and O–H groups in total. The highest BCUT2D eigenvalue weighted by molar-refractivity contribution is 7.13. The molecule has 1 aliphatic heterocycles. The average Bonchev–Trinajstić information content (AvgIpc) is 3.36. The molecule has 1 aromatic heterocycles. The summed E-state index contributed by atoms with van der Waals surface area (Å²) in [5.41, 5.74) is 4.26. The van der Waals surface area contributed by atoms with Gasteiger partial charge in [0.1, 0.15) is 12.1 Å². The van der Waals surface area contributed by atoms with E-state index in [-0.39, 0.29) is 36.7 Å². The molecule has 2 heterocycles. The average molecular weight is 487 g/mol. The summed E-state index contributed by atoms with van der Waals surface area (Å²) < 4.78 is 0. The minimum Gasteiger partial charge on any atom is -0.391 e. The number of hydrogen-bond acceptors (Lipinski definition) is 6. The van der Waals surface area contributed by atoms with Crippen LogP contribution in [0.2, 0.25) is 0 Å². The van der Waals surface area contributed by atoms with Crippen LogP contribution in [0.25, 0.3) is 10.4 Å². The smallest absolute Gasteiger partial charge is 0.246 e. The summed E-state index contributed by atoms with van der Waals surface area (Å²) in [5, 5.41) is 16.0. The lowest BCUT2D eigenvalue weighted by atomic mass is 9.85. The lowest BCUT2D eigenvalue weighted by Crippen LogP contribution is -2.57. The molecule has 1 aliphatic rings. The normalized spacial score (nSPS) is 20.0. The van der Waals surface area contributed by atoms with Crippen molar-refractivity contribution in [3.8, 4) is 10.4 Å². The lowest BCUT2D eigenvalue weighted by Gasteiger charge is -2.35. The Bertz CT molecular complexity index is 1040. The second-order valence-electron chi connectivity index (χ2n) is 10.0. The molecule has 2 aromatic rings. The van der Waals surface area contributed by atoms with Crippen LogP contribution in [0.1, 0.15) is 58.3 Å². The summed E-state index contributed by atoms with van der Waals surface area (Å²) in [6, 6.07) is 6.07. The zero-order valence-electron chi connectivity index (χ0n) is 20.6. The molecule has 1 fully saturated rings. The Labute approximate surface area is 204 Å². The number of thiazole rings is 1. The van der Waals surface area contributed by atoms with Gasteiger partial charge in [-0.05, 0) is 30.4 Å². The van der Waals surface area contributed by atoms with Crippen LogP contribution in [0, 0.1) is 12.3 Å². The minimum atomic E-state index is -0.803. The van der Waals surface area contributed by atoms with Crippen molar-refractivity contribution in [3.63, 3.8) is 0 Å². The van der Waals surface area contributed by atoms with Gasteiger partial charge in [0.15, 0.2) is 0 Å². The van der Waals surface area contributed by atoms with Crippen LogP contribution in [-0.4, -0.2) is 57.4 Å². The molecule has 0 radical (unpaired) electrons. The van der Waals surface area contributed by atoms with Gasteiger partial charge in [-0.2, -0.15) is 0 Å². The molecule has 4 atom stereocenters. The first-order valence-electron chi connectivity index (χ1n) is 11.4. The summed E-state index contributed by atoms with van der Waals surface area (Å²) in [4.78, 5) is 45.0. The molecule has 184 valence electrons. The zero-order valence-corrected chi connectivity index (χ0v) is 21.4. The monoisotopic (exact) mass is 486 g/mol. The summed E-state index contributed by atoms with van der Waals surface area (Å²) >= 11 is 1.59. The number of benzene rings is 1. The fourth-order valence-electron chi connectivity index (χ4n) is 4.22. The molecular weight excluding hydrogens is 452 g/mol. The van der Waals surface area contributed by atoms with Crippen LogP contribution >= 0.6 is 11.3 Å². The number of aryl methyl sites for hydroxylation is 1. The molecule has 9 heteroatoms.